The van der Waals surface area contributed by atoms with Gasteiger partial charge in [-0.25, -0.2) is 14.5 Å². The van der Waals surface area contributed by atoms with Crippen LogP contribution in [-0.2, 0) is 0 Å². The number of fused-ring (bicyclic) bond motifs is 1. The fraction of sp³-hybridized carbons (Fsp3) is 0. The molecule has 0 radical (unpaired) electrons. The molecule has 0 unspecified atom stereocenters. The third-order valence-corrected chi connectivity index (χ3v) is 2.93. The van der Waals surface area contributed by atoms with Crippen molar-refractivity contribution in [3.05, 3.63) is 46.6 Å². The highest BCUT2D eigenvalue weighted by Gasteiger charge is 2.03. The molecule has 0 amide bonds. The quantitative estimate of drug-likeness (QED) is 0.541. The topological polar surface area (TPSA) is 46.0 Å². The first-order valence-corrected chi connectivity index (χ1v) is 5.72. The summed E-state index contributed by atoms with van der Waals surface area (Å²) < 4.78 is 2.22. The van der Waals surface area contributed by atoms with Crippen molar-refractivity contribution in [2.75, 3.05) is 0 Å². The van der Waals surface area contributed by atoms with E-state index in [0.717, 1.165) is 16.8 Å². The molecule has 0 aromatic carbocycles. The molecule has 0 bridgehead atoms. The molecule has 3 aromatic rings. The molecule has 0 fully saturated rings. The number of nitrogens with one attached hydrogen (secondary N) is 1. The number of H-pyrrole nitrogens is 1. The second-order valence-corrected chi connectivity index (χ2v) is 4.27. The number of nitrogens with zero attached hydrogens (tertiary/aromatic N) is 3. The Morgan fingerprint density at radius 2 is 2.18 bits per heavy atom. The number of aromatic nitrogens is 4. The van der Waals surface area contributed by atoms with Crippen LogP contribution < -0.4 is 0 Å². The molecule has 0 saturated carbocycles. The molecule has 3 rings (SSSR count). The first kappa shape index (κ1) is 10.4. The summed E-state index contributed by atoms with van der Waals surface area (Å²) in [5.74, 6) is 0. The van der Waals surface area contributed by atoms with Crippen LogP contribution in [0.2, 0.25) is 5.15 Å². The summed E-state index contributed by atoms with van der Waals surface area (Å²) in [6.45, 7) is 0. The highest BCUT2D eigenvalue weighted by molar-refractivity contribution is 7.71. The summed E-state index contributed by atoms with van der Waals surface area (Å²) in [6, 6.07) is 7.48. The highest BCUT2D eigenvalue weighted by atomic mass is 35.5. The van der Waals surface area contributed by atoms with Gasteiger partial charge in [0.05, 0.1) is 11.2 Å². The molecule has 6 heteroatoms. The van der Waals surface area contributed by atoms with Crippen molar-refractivity contribution in [3.8, 4) is 11.3 Å². The SMILES string of the molecule is S=c1nc(-c2ccc(Cl)nc2)cc2cc[nH]n12. The number of hydrogen-bond donors (Lipinski definition) is 1. The van der Waals surface area contributed by atoms with Gasteiger partial charge in [-0.2, -0.15) is 0 Å². The smallest absolute Gasteiger partial charge is 0.219 e. The lowest BCUT2D eigenvalue weighted by atomic mass is 10.2. The van der Waals surface area contributed by atoms with Gasteiger partial charge in [0.2, 0.25) is 4.77 Å². The molecule has 84 valence electrons. The number of halogens is 1. The van der Waals surface area contributed by atoms with E-state index in [1.807, 2.05) is 24.4 Å². The summed E-state index contributed by atoms with van der Waals surface area (Å²) in [4.78, 5) is 8.37. The van der Waals surface area contributed by atoms with Crippen LogP contribution in [-0.4, -0.2) is 19.6 Å². The van der Waals surface area contributed by atoms with E-state index in [9.17, 15) is 0 Å². The minimum Gasteiger partial charge on any atom is -0.299 e. The molecule has 3 heterocycles. The first-order chi connectivity index (χ1) is 8.24. The Labute approximate surface area is 107 Å². The maximum Gasteiger partial charge on any atom is 0.219 e. The van der Waals surface area contributed by atoms with Crippen molar-refractivity contribution >= 4 is 29.3 Å². The van der Waals surface area contributed by atoms with Crippen LogP contribution in [0.4, 0.5) is 0 Å². The van der Waals surface area contributed by atoms with E-state index in [0.29, 0.717) is 9.92 Å². The highest BCUT2D eigenvalue weighted by Crippen LogP contribution is 2.19. The molecular weight excluding hydrogens is 256 g/mol. The largest absolute Gasteiger partial charge is 0.299 e. The Hall–Kier alpha value is -1.72. The lowest BCUT2D eigenvalue weighted by molar-refractivity contribution is 0.904. The molecule has 17 heavy (non-hydrogen) atoms. The standard InChI is InChI=1S/C11H7ClN4S/c12-10-2-1-7(6-13-10)9-5-8-3-4-14-16(8)11(17)15-9/h1-6,14H. The van der Waals surface area contributed by atoms with E-state index >= 15 is 0 Å². The summed E-state index contributed by atoms with van der Waals surface area (Å²) in [5.41, 5.74) is 2.65. The predicted octanol–water partition coefficient (Wildman–Crippen LogP) is 3.11. The number of aromatic amines is 1. The average molecular weight is 263 g/mol. The molecule has 4 nitrogen and oxygen atoms in total. The van der Waals surface area contributed by atoms with Gasteiger partial charge in [-0.15, -0.1) is 0 Å². The molecular formula is C11H7ClN4S. The van der Waals surface area contributed by atoms with E-state index in [-0.39, 0.29) is 0 Å². The summed E-state index contributed by atoms with van der Waals surface area (Å²) in [5, 5.41) is 3.45. The van der Waals surface area contributed by atoms with Crippen LogP contribution in [0.1, 0.15) is 0 Å². The zero-order valence-corrected chi connectivity index (χ0v) is 10.2. The van der Waals surface area contributed by atoms with Crippen molar-refractivity contribution in [2.45, 2.75) is 0 Å². The van der Waals surface area contributed by atoms with Crippen molar-refractivity contribution in [3.63, 3.8) is 0 Å². The minimum absolute atomic E-state index is 0.462. The van der Waals surface area contributed by atoms with Gasteiger partial charge in [-0.05, 0) is 36.5 Å². The Morgan fingerprint density at radius 3 is 2.94 bits per heavy atom. The van der Waals surface area contributed by atoms with Crippen molar-refractivity contribution in [2.24, 2.45) is 0 Å². The number of rotatable bonds is 1. The normalized spacial score (nSPS) is 10.9. The summed E-state index contributed by atoms with van der Waals surface area (Å²) in [7, 11) is 0. The van der Waals surface area contributed by atoms with Gasteiger partial charge >= 0.3 is 0 Å². The zero-order valence-electron chi connectivity index (χ0n) is 8.59. The second kappa shape index (κ2) is 3.94. The van der Waals surface area contributed by atoms with Crippen LogP contribution in [0.5, 0.6) is 0 Å². The molecule has 0 aliphatic rings. The van der Waals surface area contributed by atoms with E-state index in [1.165, 1.54) is 0 Å². The van der Waals surface area contributed by atoms with Gasteiger partial charge in [0.15, 0.2) is 0 Å². The zero-order chi connectivity index (χ0) is 11.8. The Kier molecular flexibility index (Phi) is 2.42. The van der Waals surface area contributed by atoms with E-state index < -0.39 is 0 Å². The second-order valence-electron chi connectivity index (χ2n) is 3.52. The van der Waals surface area contributed by atoms with Gasteiger partial charge in [-0.1, -0.05) is 11.6 Å². The lowest BCUT2D eigenvalue weighted by Gasteiger charge is -2.01. The lowest BCUT2D eigenvalue weighted by Crippen LogP contribution is -1.94. The van der Waals surface area contributed by atoms with Crippen LogP contribution in [0.15, 0.2) is 36.7 Å². The third-order valence-electron chi connectivity index (χ3n) is 2.43. The van der Waals surface area contributed by atoms with Gasteiger partial charge < -0.3 is 0 Å². The Balaban J connectivity index is 2.23. The van der Waals surface area contributed by atoms with Gasteiger partial charge in [0, 0.05) is 18.0 Å². The molecule has 0 saturated heterocycles. The maximum absolute atomic E-state index is 5.75. The average Bonchev–Trinajstić information content (AvgIpc) is 2.78. The monoisotopic (exact) mass is 262 g/mol. The van der Waals surface area contributed by atoms with E-state index in [1.54, 1.807) is 16.8 Å². The van der Waals surface area contributed by atoms with E-state index in [2.05, 4.69) is 15.1 Å². The van der Waals surface area contributed by atoms with Crippen LogP contribution >= 0.6 is 23.8 Å². The fourth-order valence-corrected chi connectivity index (χ4v) is 1.99. The van der Waals surface area contributed by atoms with Crippen molar-refractivity contribution in [1.29, 1.82) is 0 Å². The molecule has 0 aliphatic carbocycles. The molecule has 0 aliphatic heterocycles. The Morgan fingerprint density at radius 1 is 1.29 bits per heavy atom. The molecule has 0 atom stereocenters. The predicted molar refractivity (Wildman–Crippen MR) is 68.6 cm³/mol. The molecule has 3 aromatic heterocycles. The van der Waals surface area contributed by atoms with Crippen molar-refractivity contribution in [1.82, 2.24) is 19.6 Å². The van der Waals surface area contributed by atoms with Crippen LogP contribution in [0.25, 0.3) is 16.8 Å². The number of hydrogen-bond acceptors (Lipinski definition) is 3. The van der Waals surface area contributed by atoms with Crippen LogP contribution in [0, 0.1) is 4.77 Å². The summed E-state index contributed by atoms with van der Waals surface area (Å²) >= 11 is 10.9. The van der Waals surface area contributed by atoms with Crippen LogP contribution in [0.3, 0.4) is 0 Å². The number of pyridine rings is 1. The van der Waals surface area contributed by atoms with Gasteiger partial charge in [0.1, 0.15) is 5.15 Å². The summed E-state index contributed by atoms with van der Waals surface area (Å²) in [6.07, 6.45) is 3.50. The Bertz CT molecular complexity index is 729. The molecule has 0 spiro atoms. The van der Waals surface area contributed by atoms with Crippen molar-refractivity contribution < 1.29 is 0 Å². The molecule has 1 N–H and O–H groups in total. The third kappa shape index (κ3) is 1.83. The minimum atomic E-state index is 0.462. The first-order valence-electron chi connectivity index (χ1n) is 4.93. The fourth-order valence-electron chi connectivity index (χ4n) is 1.63. The van der Waals surface area contributed by atoms with E-state index in [4.69, 9.17) is 23.8 Å². The maximum atomic E-state index is 5.75. The van der Waals surface area contributed by atoms with Gasteiger partial charge in [-0.3, -0.25) is 5.10 Å². The van der Waals surface area contributed by atoms with Gasteiger partial charge in [0.25, 0.3) is 0 Å².